The lowest BCUT2D eigenvalue weighted by Gasteiger charge is -2.08. The fraction of sp³-hybridized carbons (Fsp3) is 0.308. The number of fused-ring (bicyclic) bond motifs is 1. The lowest BCUT2D eigenvalue weighted by Crippen LogP contribution is -2.03. The number of allylic oxidation sites excluding steroid dienone is 1. The first-order valence-corrected chi connectivity index (χ1v) is 9.98. The minimum atomic E-state index is 0.795. The maximum atomic E-state index is 3.95. The molecule has 144 valence electrons. The van der Waals surface area contributed by atoms with Crippen LogP contribution in [0.3, 0.4) is 0 Å². The summed E-state index contributed by atoms with van der Waals surface area (Å²) in [4.78, 5) is 0. The second kappa shape index (κ2) is 12.8. The maximum Gasteiger partial charge on any atom is 0.0400 e. The van der Waals surface area contributed by atoms with Crippen LogP contribution >= 0.6 is 0 Å². The molecule has 0 bridgehead atoms. The highest BCUT2D eigenvalue weighted by Crippen LogP contribution is 2.24. The molecule has 0 radical (unpaired) electrons. The van der Waals surface area contributed by atoms with E-state index in [1.54, 1.807) is 6.08 Å². The van der Waals surface area contributed by atoms with E-state index in [0.29, 0.717) is 0 Å². The summed E-state index contributed by atoms with van der Waals surface area (Å²) in [7, 11) is 0. The van der Waals surface area contributed by atoms with Crippen LogP contribution in [0.2, 0.25) is 0 Å². The Balaban J connectivity index is 0.000000665. The molecule has 0 aliphatic heterocycles. The third kappa shape index (κ3) is 7.70. The fourth-order valence-electron chi connectivity index (χ4n) is 2.95. The second-order valence-corrected chi connectivity index (χ2v) is 6.43. The SMILES string of the molecule is C=C/C(=C/c1ccc2c(c1)CCC2)CNc1ccc(C)cc1.C=CC.CC. The van der Waals surface area contributed by atoms with Crippen molar-refractivity contribution >= 4 is 11.8 Å². The van der Waals surface area contributed by atoms with Crippen LogP contribution in [0.5, 0.6) is 0 Å². The Bertz CT molecular complexity index is 735. The predicted octanol–water partition coefficient (Wildman–Crippen LogP) is 7.38. The van der Waals surface area contributed by atoms with Crippen molar-refractivity contribution in [1.82, 2.24) is 0 Å². The van der Waals surface area contributed by atoms with E-state index in [-0.39, 0.29) is 0 Å². The molecule has 0 heterocycles. The van der Waals surface area contributed by atoms with Crippen LogP contribution < -0.4 is 5.32 Å². The van der Waals surface area contributed by atoms with Gasteiger partial charge in [0.1, 0.15) is 0 Å². The van der Waals surface area contributed by atoms with Crippen LogP contribution in [-0.2, 0) is 12.8 Å². The van der Waals surface area contributed by atoms with Crippen LogP contribution in [-0.4, -0.2) is 6.54 Å². The average molecular weight is 362 g/mol. The number of hydrogen-bond acceptors (Lipinski definition) is 1. The molecule has 0 unspecified atom stereocenters. The molecule has 0 amide bonds. The van der Waals surface area contributed by atoms with Gasteiger partial charge in [0, 0.05) is 12.2 Å². The molecule has 1 N–H and O–H groups in total. The van der Waals surface area contributed by atoms with Gasteiger partial charge in [0.2, 0.25) is 0 Å². The average Bonchev–Trinajstić information content (AvgIpc) is 3.16. The highest BCUT2D eigenvalue weighted by Gasteiger charge is 2.10. The van der Waals surface area contributed by atoms with Gasteiger partial charge in [-0.25, -0.2) is 0 Å². The largest absolute Gasteiger partial charge is 0.381 e. The van der Waals surface area contributed by atoms with E-state index in [9.17, 15) is 0 Å². The lowest BCUT2D eigenvalue weighted by molar-refractivity contribution is 0.912. The van der Waals surface area contributed by atoms with Gasteiger partial charge < -0.3 is 5.32 Å². The summed E-state index contributed by atoms with van der Waals surface area (Å²) >= 11 is 0. The quantitative estimate of drug-likeness (QED) is 0.432. The molecule has 0 aromatic heterocycles. The molecule has 1 nitrogen and oxygen atoms in total. The van der Waals surface area contributed by atoms with Crippen LogP contribution in [0.25, 0.3) is 6.08 Å². The summed E-state index contributed by atoms with van der Waals surface area (Å²) in [5.41, 5.74) is 7.95. The van der Waals surface area contributed by atoms with E-state index in [4.69, 9.17) is 0 Å². The molecule has 2 aromatic rings. The molecule has 0 atom stereocenters. The molecule has 0 fully saturated rings. The summed E-state index contributed by atoms with van der Waals surface area (Å²) in [5.74, 6) is 0. The first-order chi connectivity index (χ1) is 13.2. The van der Waals surface area contributed by atoms with E-state index in [1.807, 2.05) is 26.8 Å². The predicted molar refractivity (Wildman–Crippen MR) is 124 cm³/mol. The Morgan fingerprint density at radius 2 is 1.63 bits per heavy atom. The van der Waals surface area contributed by atoms with Crippen LogP contribution in [0.15, 0.2) is 73.3 Å². The van der Waals surface area contributed by atoms with Gasteiger partial charge in [-0.05, 0) is 73.6 Å². The first-order valence-electron chi connectivity index (χ1n) is 9.98. The van der Waals surface area contributed by atoms with E-state index in [2.05, 4.69) is 73.9 Å². The van der Waals surface area contributed by atoms with E-state index in [1.165, 1.54) is 47.1 Å². The zero-order chi connectivity index (χ0) is 20.1. The van der Waals surface area contributed by atoms with E-state index in [0.717, 1.165) is 12.2 Å². The molecule has 1 heteroatoms. The third-order valence-electron chi connectivity index (χ3n) is 4.29. The first kappa shape index (κ1) is 22.5. The summed E-state index contributed by atoms with van der Waals surface area (Å²) in [6.45, 7) is 16.1. The minimum Gasteiger partial charge on any atom is -0.381 e. The number of aryl methyl sites for hydroxylation is 3. The van der Waals surface area contributed by atoms with Crippen molar-refractivity contribution in [3.05, 3.63) is 95.6 Å². The number of benzene rings is 2. The highest BCUT2D eigenvalue weighted by molar-refractivity contribution is 5.59. The fourth-order valence-corrected chi connectivity index (χ4v) is 2.95. The summed E-state index contributed by atoms with van der Waals surface area (Å²) < 4.78 is 0. The van der Waals surface area contributed by atoms with Gasteiger partial charge in [0.25, 0.3) is 0 Å². The topological polar surface area (TPSA) is 12.0 Å². The Hall–Kier alpha value is -2.54. The molecule has 0 saturated heterocycles. The molecule has 1 aliphatic carbocycles. The molecule has 27 heavy (non-hydrogen) atoms. The number of rotatable bonds is 5. The highest BCUT2D eigenvalue weighted by atomic mass is 14.9. The van der Waals surface area contributed by atoms with Crippen molar-refractivity contribution in [2.75, 3.05) is 11.9 Å². The number of anilines is 1. The minimum absolute atomic E-state index is 0.795. The third-order valence-corrected chi connectivity index (χ3v) is 4.29. The maximum absolute atomic E-state index is 3.95. The Morgan fingerprint density at radius 1 is 1.00 bits per heavy atom. The normalized spacial score (nSPS) is 11.9. The van der Waals surface area contributed by atoms with E-state index < -0.39 is 0 Å². The van der Waals surface area contributed by atoms with Gasteiger partial charge in [-0.2, -0.15) is 0 Å². The van der Waals surface area contributed by atoms with Crippen LogP contribution in [0, 0.1) is 6.92 Å². The molecule has 3 rings (SSSR count). The molecule has 0 spiro atoms. The van der Waals surface area contributed by atoms with Gasteiger partial charge in [-0.1, -0.05) is 68.5 Å². The van der Waals surface area contributed by atoms with Crippen molar-refractivity contribution in [2.45, 2.75) is 47.0 Å². The molecular weight excluding hydrogens is 326 g/mol. The van der Waals surface area contributed by atoms with Crippen molar-refractivity contribution in [2.24, 2.45) is 0 Å². The van der Waals surface area contributed by atoms with Crippen molar-refractivity contribution < 1.29 is 0 Å². The van der Waals surface area contributed by atoms with Gasteiger partial charge in [-0.15, -0.1) is 6.58 Å². The zero-order valence-electron chi connectivity index (χ0n) is 17.5. The van der Waals surface area contributed by atoms with Gasteiger partial charge >= 0.3 is 0 Å². The van der Waals surface area contributed by atoms with Gasteiger partial charge in [0.05, 0.1) is 0 Å². The van der Waals surface area contributed by atoms with E-state index >= 15 is 0 Å². The molecule has 1 aliphatic rings. The lowest BCUT2D eigenvalue weighted by atomic mass is 10.0. The molecule has 2 aromatic carbocycles. The summed E-state index contributed by atoms with van der Waals surface area (Å²) in [6, 6.07) is 15.3. The Labute approximate surface area is 166 Å². The van der Waals surface area contributed by atoms with Crippen LogP contribution in [0.4, 0.5) is 5.69 Å². The smallest absolute Gasteiger partial charge is 0.0400 e. The Morgan fingerprint density at radius 3 is 2.26 bits per heavy atom. The summed E-state index contributed by atoms with van der Waals surface area (Å²) in [6.07, 6.45) is 9.68. The zero-order valence-corrected chi connectivity index (χ0v) is 17.5. The summed E-state index contributed by atoms with van der Waals surface area (Å²) in [5, 5.41) is 3.46. The number of nitrogens with one attached hydrogen (secondary N) is 1. The Kier molecular flexibility index (Phi) is 10.6. The van der Waals surface area contributed by atoms with Crippen LogP contribution in [0.1, 0.15) is 49.4 Å². The standard InChI is InChI=1S/C21H23N.C3H6.C2H6/c1-3-17(15-22-21-11-7-16(2)8-12-21)13-18-9-10-19-5-4-6-20(19)14-18;1-3-2;1-2/h3,7-14,22H,1,4-6,15H2,2H3;3H,1H2,2H3;1-2H3/b17-13-;;. The monoisotopic (exact) mass is 361 g/mol. The van der Waals surface area contributed by atoms with Crippen molar-refractivity contribution in [3.63, 3.8) is 0 Å². The van der Waals surface area contributed by atoms with Gasteiger partial charge in [-0.3, -0.25) is 0 Å². The van der Waals surface area contributed by atoms with Crippen molar-refractivity contribution in [3.8, 4) is 0 Å². The van der Waals surface area contributed by atoms with Gasteiger partial charge in [0.15, 0.2) is 0 Å². The number of hydrogen-bond donors (Lipinski definition) is 1. The molecule has 0 saturated carbocycles. The molecular formula is C26H35N. The second-order valence-electron chi connectivity index (χ2n) is 6.43. The van der Waals surface area contributed by atoms with Crippen molar-refractivity contribution in [1.29, 1.82) is 0 Å².